The van der Waals surface area contributed by atoms with Crippen LogP contribution in [0.2, 0.25) is 0 Å². The summed E-state index contributed by atoms with van der Waals surface area (Å²) < 4.78 is 0. The van der Waals surface area contributed by atoms with Crippen molar-refractivity contribution < 1.29 is 4.79 Å². The van der Waals surface area contributed by atoms with Crippen LogP contribution < -0.4 is 10.6 Å². The topological polar surface area (TPSA) is 41.1 Å². The normalized spacial score (nSPS) is 17.2. The van der Waals surface area contributed by atoms with Gasteiger partial charge >= 0.3 is 0 Å². The molecule has 1 aliphatic carbocycles. The van der Waals surface area contributed by atoms with Crippen LogP contribution in [0, 0.1) is 5.41 Å². The van der Waals surface area contributed by atoms with Crippen molar-refractivity contribution >= 4 is 5.91 Å². The van der Waals surface area contributed by atoms with Gasteiger partial charge in [-0.3, -0.25) is 4.79 Å². The van der Waals surface area contributed by atoms with E-state index in [4.69, 9.17) is 0 Å². The van der Waals surface area contributed by atoms with E-state index in [1.54, 1.807) is 0 Å². The standard InChI is InChI=1S/C14H20N2O/c1-15-10-14(8-5-9-14)11-16-13(17)12-6-3-2-4-7-12/h2-4,6-7,15H,5,8-11H2,1H3,(H,16,17). The first-order chi connectivity index (χ1) is 8.26. The van der Waals surface area contributed by atoms with Crippen molar-refractivity contribution in [2.45, 2.75) is 19.3 Å². The third-order valence-corrected chi connectivity index (χ3v) is 3.63. The Bertz CT molecular complexity index is 371. The van der Waals surface area contributed by atoms with E-state index in [2.05, 4.69) is 10.6 Å². The zero-order valence-electron chi connectivity index (χ0n) is 10.3. The van der Waals surface area contributed by atoms with Crippen molar-refractivity contribution in [3.05, 3.63) is 35.9 Å². The van der Waals surface area contributed by atoms with Crippen molar-refractivity contribution in [1.29, 1.82) is 0 Å². The second kappa shape index (κ2) is 5.32. The molecular formula is C14H20N2O. The molecule has 0 atom stereocenters. The first-order valence-electron chi connectivity index (χ1n) is 6.24. The SMILES string of the molecule is CNCC1(CNC(=O)c2ccccc2)CCC1. The monoisotopic (exact) mass is 232 g/mol. The fraction of sp³-hybridized carbons (Fsp3) is 0.500. The second-order valence-corrected chi connectivity index (χ2v) is 4.93. The van der Waals surface area contributed by atoms with E-state index in [9.17, 15) is 4.79 Å². The van der Waals surface area contributed by atoms with Crippen LogP contribution in [-0.4, -0.2) is 26.0 Å². The fourth-order valence-corrected chi connectivity index (χ4v) is 2.43. The average molecular weight is 232 g/mol. The molecular weight excluding hydrogens is 212 g/mol. The molecule has 3 heteroatoms. The maximum Gasteiger partial charge on any atom is 0.251 e. The average Bonchev–Trinajstić information content (AvgIpc) is 2.33. The van der Waals surface area contributed by atoms with Crippen LogP contribution in [0.5, 0.6) is 0 Å². The molecule has 0 saturated heterocycles. The molecule has 0 spiro atoms. The minimum atomic E-state index is 0.0352. The van der Waals surface area contributed by atoms with Crippen molar-refractivity contribution in [2.75, 3.05) is 20.1 Å². The van der Waals surface area contributed by atoms with E-state index in [1.807, 2.05) is 37.4 Å². The lowest BCUT2D eigenvalue weighted by Gasteiger charge is -2.42. The Hall–Kier alpha value is -1.35. The maximum atomic E-state index is 11.9. The molecule has 1 fully saturated rings. The second-order valence-electron chi connectivity index (χ2n) is 4.93. The molecule has 0 radical (unpaired) electrons. The summed E-state index contributed by atoms with van der Waals surface area (Å²) in [5.41, 5.74) is 1.03. The van der Waals surface area contributed by atoms with Crippen molar-refractivity contribution in [3.8, 4) is 0 Å². The zero-order valence-corrected chi connectivity index (χ0v) is 10.3. The van der Waals surface area contributed by atoms with Crippen molar-refractivity contribution in [1.82, 2.24) is 10.6 Å². The Morgan fingerprint density at radius 1 is 1.24 bits per heavy atom. The highest BCUT2D eigenvalue weighted by molar-refractivity contribution is 5.94. The van der Waals surface area contributed by atoms with Crippen LogP contribution in [0.1, 0.15) is 29.6 Å². The van der Waals surface area contributed by atoms with E-state index in [0.29, 0.717) is 5.41 Å². The predicted octanol–water partition coefficient (Wildman–Crippen LogP) is 1.81. The largest absolute Gasteiger partial charge is 0.351 e. The summed E-state index contributed by atoms with van der Waals surface area (Å²) in [7, 11) is 1.97. The highest BCUT2D eigenvalue weighted by Gasteiger charge is 2.36. The van der Waals surface area contributed by atoms with Crippen LogP contribution in [0.3, 0.4) is 0 Å². The molecule has 1 aromatic carbocycles. The Balaban J connectivity index is 1.88. The van der Waals surface area contributed by atoms with Gasteiger partial charge in [-0.25, -0.2) is 0 Å². The molecule has 1 saturated carbocycles. The van der Waals surface area contributed by atoms with Gasteiger partial charge in [0.05, 0.1) is 0 Å². The Kier molecular flexibility index (Phi) is 3.79. The number of hydrogen-bond acceptors (Lipinski definition) is 2. The molecule has 1 aromatic rings. The zero-order chi connectivity index (χ0) is 12.1. The highest BCUT2D eigenvalue weighted by atomic mass is 16.1. The molecule has 92 valence electrons. The number of hydrogen-bond donors (Lipinski definition) is 2. The molecule has 0 unspecified atom stereocenters. The Morgan fingerprint density at radius 3 is 2.47 bits per heavy atom. The molecule has 1 amide bonds. The molecule has 0 heterocycles. The van der Waals surface area contributed by atoms with Crippen molar-refractivity contribution in [3.63, 3.8) is 0 Å². The third-order valence-electron chi connectivity index (χ3n) is 3.63. The van der Waals surface area contributed by atoms with E-state index in [0.717, 1.165) is 18.7 Å². The van der Waals surface area contributed by atoms with Crippen LogP contribution in [0.4, 0.5) is 0 Å². The summed E-state index contributed by atoms with van der Waals surface area (Å²) in [4.78, 5) is 11.9. The maximum absolute atomic E-state index is 11.9. The van der Waals surface area contributed by atoms with Gasteiger partial charge in [0.15, 0.2) is 0 Å². The van der Waals surface area contributed by atoms with Crippen LogP contribution in [0.25, 0.3) is 0 Å². The fourth-order valence-electron chi connectivity index (χ4n) is 2.43. The van der Waals surface area contributed by atoms with E-state index < -0.39 is 0 Å². The number of benzene rings is 1. The Morgan fingerprint density at radius 2 is 1.94 bits per heavy atom. The highest BCUT2D eigenvalue weighted by Crippen LogP contribution is 2.39. The van der Waals surface area contributed by atoms with E-state index in [-0.39, 0.29) is 5.91 Å². The molecule has 0 bridgehead atoms. The van der Waals surface area contributed by atoms with Gasteiger partial charge in [0.2, 0.25) is 0 Å². The van der Waals surface area contributed by atoms with Crippen LogP contribution in [-0.2, 0) is 0 Å². The molecule has 1 aliphatic rings. The summed E-state index contributed by atoms with van der Waals surface area (Å²) in [5, 5.41) is 6.27. The van der Waals surface area contributed by atoms with Gasteiger partial charge in [-0.05, 0) is 32.0 Å². The summed E-state index contributed by atoms with van der Waals surface area (Å²) in [6, 6.07) is 9.40. The molecule has 2 rings (SSSR count). The lowest BCUT2D eigenvalue weighted by molar-refractivity contribution is 0.0862. The quantitative estimate of drug-likeness (QED) is 0.813. The summed E-state index contributed by atoms with van der Waals surface area (Å²) in [5.74, 6) is 0.0352. The van der Waals surface area contributed by atoms with E-state index >= 15 is 0 Å². The van der Waals surface area contributed by atoms with Gasteiger partial charge in [-0.2, -0.15) is 0 Å². The first kappa shape index (κ1) is 12.1. The number of amides is 1. The predicted molar refractivity (Wildman–Crippen MR) is 69.0 cm³/mol. The Labute approximate surface area is 103 Å². The van der Waals surface area contributed by atoms with Gasteiger partial charge in [0.1, 0.15) is 0 Å². The van der Waals surface area contributed by atoms with Gasteiger partial charge in [0.25, 0.3) is 5.91 Å². The van der Waals surface area contributed by atoms with Crippen molar-refractivity contribution in [2.24, 2.45) is 5.41 Å². The molecule has 3 nitrogen and oxygen atoms in total. The number of nitrogens with one attached hydrogen (secondary N) is 2. The van der Waals surface area contributed by atoms with Crippen LogP contribution >= 0.6 is 0 Å². The number of rotatable bonds is 5. The smallest absolute Gasteiger partial charge is 0.251 e. The molecule has 17 heavy (non-hydrogen) atoms. The van der Waals surface area contributed by atoms with Gasteiger partial charge < -0.3 is 10.6 Å². The summed E-state index contributed by atoms with van der Waals surface area (Å²) in [6.07, 6.45) is 3.70. The van der Waals surface area contributed by atoms with Crippen LogP contribution in [0.15, 0.2) is 30.3 Å². The lowest BCUT2D eigenvalue weighted by Crippen LogP contribution is -2.47. The molecule has 2 N–H and O–H groups in total. The minimum Gasteiger partial charge on any atom is -0.351 e. The minimum absolute atomic E-state index is 0.0352. The summed E-state index contributed by atoms with van der Waals surface area (Å²) in [6.45, 7) is 1.77. The third kappa shape index (κ3) is 2.86. The lowest BCUT2D eigenvalue weighted by atomic mass is 9.68. The molecule has 0 aromatic heterocycles. The first-order valence-corrected chi connectivity index (χ1v) is 6.24. The number of carbonyl (C=O) groups excluding carboxylic acids is 1. The summed E-state index contributed by atoms with van der Waals surface area (Å²) >= 11 is 0. The van der Waals surface area contributed by atoms with Gasteiger partial charge in [0, 0.05) is 24.1 Å². The van der Waals surface area contributed by atoms with E-state index in [1.165, 1.54) is 19.3 Å². The number of carbonyl (C=O) groups is 1. The molecule has 0 aliphatic heterocycles. The van der Waals surface area contributed by atoms with Gasteiger partial charge in [-0.1, -0.05) is 24.6 Å². The van der Waals surface area contributed by atoms with Gasteiger partial charge in [-0.15, -0.1) is 0 Å².